The molecule has 0 aliphatic carbocycles. The van der Waals surface area contributed by atoms with Gasteiger partial charge in [-0.3, -0.25) is 4.79 Å². The molecule has 0 bridgehead atoms. The van der Waals surface area contributed by atoms with Crippen LogP contribution in [-0.4, -0.2) is 32.6 Å². The number of benzene rings is 1. The number of nitrogens with two attached hydrogens (primary N) is 1. The van der Waals surface area contributed by atoms with Crippen LogP contribution >= 0.6 is 22.7 Å². The first-order chi connectivity index (χ1) is 12.9. The van der Waals surface area contributed by atoms with Crippen LogP contribution in [0.1, 0.15) is 4.88 Å². The molecule has 27 heavy (non-hydrogen) atoms. The Morgan fingerprint density at radius 2 is 2.19 bits per heavy atom. The zero-order valence-corrected chi connectivity index (χ0v) is 16.8. The summed E-state index contributed by atoms with van der Waals surface area (Å²) in [5, 5.41) is 7.13. The standard InChI is InChI=1S/C17H17N3O4S3/c1-24-9-8-20-14-6-5-13(27(18,22)23)11-15(14)26-17(20)19-16(21)7-4-12-3-2-10-25-12/h2-7,10-11H,8-9H2,1H3,(H2,18,22,23)/b7-4+,19-17?. The first-order valence-electron chi connectivity index (χ1n) is 7.84. The number of hydrogen-bond donors (Lipinski definition) is 1. The number of thiazole rings is 1. The summed E-state index contributed by atoms with van der Waals surface area (Å²) in [5.41, 5.74) is 0.762. The van der Waals surface area contributed by atoms with Gasteiger partial charge >= 0.3 is 0 Å². The molecule has 0 radical (unpaired) electrons. The van der Waals surface area contributed by atoms with Gasteiger partial charge in [-0.15, -0.1) is 11.3 Å². The maximum Gasteiger partial charge on any atom is 0.272 e. The molecular weight excluding hydrogens is 406 g/mol. The highest BCUT2D eigenvalue weighted by molar-refractivity contribution is 7.89. The average Bonchev–Trinajstić information content (AvgIpc) is 3.24. The van der Waals surface area contributed by atoms with E-state index in [2.05, 4.69) is 4.99 Å². The van der Waals surface area contributed by atoms with Gasteiger partial charge in [0.2, 0.25) is 10.0 Å². The lowest BCUT2D eigenvalue weighted by atomic mass is 10.3. The number of sulfonamides is 1. The normalized spacial score (nSPS) is 13.0. The molecule has 0 atom stereocenters. The summed E-state index contributed by atoms with van der Waals surface area (Å²) in [6, 6.07) is 8.40. The number of rotatable bonds is 6. The SMILES string of the molecule is COCCn1c(=NC(=O)/C=C/c2cccs2)sc2cc(S(N)(=O)=O)ccc21. The van der Waals surface area contributed by atoms with E-state index in [9.17, 15) is 13.2 Å². The summed E-state index contributed by atoms with van der Waals surface area (Å²) in [4.78, 5) is 17.8. The predicted octanol–water partition coefficient (Wildman–Crippen LogP) is 2.20. The number of hydrogen-bond acceptors (Lipinski definition) is 6. The number of ether oxygens (including phenoxy) is 1. The van der Waals surface area contributed by atoms with Gasteiger partial charge in [0.15, 0.2) is 4.80 Å². The molecule has 0 aliphatic heterocycles. The maximum atomic E-state index is 12.2. The molecule has 2 heterocycles. The monoisotopic (exact) mass is 423 g/mol. The fourth-order valence-corrected chi connectivity index (χ4v) is 4.72. The Balaban J connectivity index is 2.05. The molecule has 2 aromatic heterocycles. The lowest BCUT2D eigenvalue weighted by Gasteiger charge is -2.04. The van der Waals surface area contributed by atoms with Crippen LogP contribution in [0.4, 0.5) is 0 Å². The molecular formula is C17H17N3O4S3. The molecule has 10 heteroatoms. The summed E-state index contributed by atoms with van der Waals surface area (Å²) in [6.45, 7) is 0.904. The van der Waals surface area contributed by atoms with E-state index in [0.29, 0.717) is 22.7 Å². The van der Waals surface area contributed by atoms with E-state index in [-0.39, 0.29) is 4.90 Å². The third-order valence-corrected chi connectivity index (χ3v) is 6.43. The largest absolute Gasteiger partial charge is 0.383 e. The highest BCUT2D eigenvalue weighted by atomic mass is 32.2. The number of aromatic nitrogens is 1. The lowest BCUT2D eigenvalue weighted by Crippen LogP contribution is -2.19. The lowest BCUT2D eigenvalue weighted by molar-refractivity contribution is -0.113. The van der Waals surface area contributed by atoms with Crippen molar-refractivity contribution in [1.82, 2.24) is 4.57 Å². The third kappa shape index (κ3) is 4.79. The van der Waals surface area contributed by atoms with Crippen LogP contribution in [0.25, 0.3) is 16.3 Å². The second-order valence-corrected chi connectivity index (χ2v) is 9.05. The van der Waals surface area contributed by atoms with Gasteiger partial charge in [0, 0.05) is 24.6 Å². The number of primary sulfonamides is 1. The van der Waals surface area contributed by atoms with Crippen molar-refractivity contribution in [2.75, 3.05) is 13.7 Å². The summed E-state index contributed by atoms with van der Waals surface area (Å²) in [5.74, 6) is -0.396. The summed E-state index contributed by atoms with van der Waals surface area (Å²) in [7, 11) is -2.22. The van der Waals surface area contributed by atoms with Crippen LogP contribution in [0.15, 0.2) is 51.7 Å². The Morgan fingerprint density at radius 1 is 1.37 bits per heavy atom. The molecule has 3 rings (SSSR count). The smallest absolute Gasteiger partial charge is 0.272 e. The summed E-state index contributed by atoms with van der Waals surface area (Å²) >= 11 is 2.75. The van der Waals surface area contributed by atoms with E-state index in [1.54, 1.807) is 19.3 Å². The van der Waals surface area contributed by atoms with Crippen molar-refractivity contribution in [3.05, 3.63) is 51.5 Å². The molecule has 3 aromatic rings. The molecule has 1 aromatic carbocycles. The second-order valence-electron chi connectivity index (χ2n) is 5.50. The highest BCUT2D eigenvalue weighted by Crippen LogP contribution is 2.21. The number of amides is 1. The molecule has 1 amide bonds. The molecule has 0 spiro atoms. The van der Waals surface area contributed by atoms with Crippen LogP contribution < -0.4 is 9.94 Å². The minimum atomic E-state index is -3.81. The van der Waals surface area contributed by atoms with E-state index >= 15 is 0 Å². The predicted molar refractivity (Wildman–Crippen MR) is 107 cm³/mol. The van der Waals surface area contributed by atoms with E-state index in [1.165, 1.54) is 40.9 Å². The molecule has 0 saturated heterocycles. The van der Waals surface area contributed by atoms with Gasteiger partial charge in [-0.2, -0.15) is 4.99 Å². The van der Waals surface area contributed by atoms with Crippen molar-refractivity contribution < 1.29 is 17.9 Å². The van der Waals surface area contributed by atoms with Gasteiger partial charge in [0.1, 0.15) is 0 Å². The van der Waals surface area contributed by atoms with Crippen molar-refractivity contribution >= 4 is 54.9 Å². The first kappa shape index (κ1) is 19.6. The number of thiophene rings is 1. The van der Waals surface area contributed by atoms with Crippen LogP contribution in [0.3, 0.4) is 0 Å². The Kier molecular flexibility index (Phi) is 6.02. The zero-order valence-electron chi connectivity index (χ0n) is 14.4. The number of methoxy groups -OCH3 is 1. The zero-order chi connectivity index (χ0) is 19.4. The highest BCUT2D eigenvalue weighted by Gasteiger charge is 2.13. The van der Waals surface area contributed by atoms with Crippen LogP contribution in [-0.2, 0) is 26.1 Å². The fourth-order valence-electron chi connectivity index (χ4n) is 2.39. The average molecular weight is 424 g/mol. The van der Waals surface area contributed by atoms with E-state index < -0.39 is 15.9 Å². The minimum absolute atomic E-state index is 0.0191. The fraction of sp³-hybridized carbons (Fsp3) is 0.176. The topological polar surface area (TPSA) is 104 Å². The molecule has 142 valence electrons. The molecule has 0 fully saturated rings. The van der Waals surface area contributed by atoms with E-state index in [0.717, 1.165) is 10.4 Å². The van der Waals surface area contributed by atoms with Crippen molar-refractivity contribution in [1.29, 1.82) is 0 Å². The van der Waals surface area contributed by atoms with Crippen molar-refractivity contribution in [2.24, 2.45) is 10.1 Å². The minimum Gasteiger partial charge on any atom is -0.383 e. The molecule has 0 unspecified atom stereocenters. The number of carbonyl (C=O) groups excluding carboxylic acids is 1. The second kappa shape index (κ2) is 8.28. The molecule has 0 aliphatic rings. The Morgan fingerprint density at radius 3 is 2.85 bits per heavy atom. The Labute approximate surface area is 164 Å². The quantitative estimate of drug-likeness (QED) is 0.614. The van der Waals surface area contributed by atoms with Gasteiger partial charge in [-0.25, -0.2) is 13.6 Å². The van der Waals surface area contributed by atoms with Gasteiger partial charge < -0.3 is 9.30 Å². The molecule has 2 N–H and O–H groups in total. The number of fused-ring (bicyclic) bond motifs is 1. The van der Waals surface area contributed by atoms with Crippen molar-refractivity contribution in [3.63, 3.8) is 0 Å². The number of carbonyl (C=O) groups is 1. The summed E-state index contributed by atoms with van der Waals surface area (Å²) < 4.78 is 30.8. The van der Waals surface area contributed by atoms with Crippen LogP contribution in [0, 0.1) is 0 Å². The Hall–Kier alpha value is -2.11. The van der Waals surface area contributed by atoms with E-state index in [1.807, 2.05) is 22.1 Å². The maximum absolute atomic E-state index is 12.2. The molecule has 0 saturated carbocycles. The van der Waals surface area contributed by atoms with Gasteiger partial charge in [-0.05, 0) is 35.7 Å². The van der Waals surface area contributed by atoms with Crippen molar-refractivity contribution in [2.45, 2.75) is 11.4 Å². The van der Waals surface area contributed by atoms with Gasteiger partial charge in [-0.1, -0.05) is 17.4 Å². The van der Waals surface area contributed by atoms with E-state index in [4.69, 9.17) is 9.88 Å². The van der Waals surface area contributed by atoms with Crippen LogP contribution in [0.5, 0.6) is 0 Å². The van der Waals surface area contributed by atoms with Gasteiger partial charge in [0.25, 0.3) is 5.91 Å². The van der Waals surface area contributed by atoms with Crippen LogP contribution in [0.2, 0.25) is 0 Å². The number of nitrogens with zero attached hydrogens (tertiary/aromatic N) is 2. The molecule has 7 nitrogen and oxygen atoms in total. The summed E-state index contributed by atoms with van der Waals surface area (Å²) in [6.07, 6.45) is 3.12. The Bertz CT molecular complexity index is 1160. The first-order valence-corrected chi connectivity index (χ1v) is 11.1. The third-order valence-electron chi connectivity index (χ3n) is 3.64. The van der Waals surface area contributed by atoms with Crippen molar-refractivity contribution in [3.8, 4) is 0 Å². The van der Waals surface area contributed by atoms with Gasteiger partial charge in [0.05, 0.1) is 21.7 Å².